The fraction of sp³-hybridized carbons (Fsp3) is 0.381. The van der Waals surface area contributed by atoms with Gasteiger partial charge in [0.1, 0.15) is 0 Å². The molecule has 0 unspecified atom stereocenters. The molecule has 0 aromatic heterocycles. The van der Waals surface area contributed by atoms with Crippen LogP contribution in [-0.2, 0) is 21.2 Å². The van der Waals surface area contributed by atoms with Gasteiger partial charge in [-0.25, -0.2) is 8.42 Å². The second-order valence-corrected chi connectivity index (χ2v) is 9.51. The van der Waals surface area contributed by atoms with Crippen LogP contribution in [0.5, 0.6) is 0 Å². The molecule has 0 aliphatic carbocycles. The molecule has 5 nitrogen and oxygen atoms in total. The summed E-state index contributed by atoms with van der Waals surface area (Å²) in [4.78, 5) is 14.8. The van der Waals surface area contributed by atoms with Gasteiger partial charge in [0.15, 0.2) is 0 Å². The predicted octanol–water partition coefficient (Wildman–Crippen LogP) is 2.94. The van der Waals surface area contributed by atoms with Gasteiger partial charge in [-0.15, -0.1) is 0 Å². The van der Waals surface area contributed by atoms with Gasteiger partial charge in [0.2, 0.25) is 15.9 Å². The van der Waals surface area contributed by atoms with Crippen molar-refractivity contribution in [3.8, 4) is 0 Å². The van der Waals surface area contributed by atoms with Crippen LogP contribution in [0.1, 0.15) is 42.5 Å². The average Bonchev–Trinajstić information content (AvgIpc) is 2.67. The first kappa shape index (κ1) is 18.2. The van der Waals surface area contributed by atoms with Crippen LogP contribution in [0.3, 0.4) is 0 Å². The molecule has 0 radical (unpaired) electrons. The van der Waals surface area contributed by atoms with Crippen molar-refractivity contribution in [3.05, 3.63) is 65.2 Å². The Morgan fingerprint density at radius 2 is 1.74 bits per heavy atom. The van der Waals surface area contributed by atoms with Crippen molar-refractivity contribution in [1.29, 1.82) is 0 Å². The van der Waals surface area contributed by atoms with Crippen LogP contribution in [0.25, 0.3) is 0 Å². The number of carbonyl (C=O) groups is 1. The first-order valence-electron chi connectivity index (χ1n) is 9.35. The molecule has 2 aromatic rings. The average molecular weight is 385 g/mol. The largest absolute Gasteiger partial charge is 0.333 e. The van der Waals surface area contributed by atoms with Gasteiger partial charge in [-0.05, 0) is 41.2 Å². The minimum atomic E-state index is -3.70. The third kappa shape index (κ3) is 3.17. The molecule has 2 aromatic carbocycles. The third-order valence-corrected chi connectivity index (χ3v) is 7.43. The number of piperazine rings is 1. The first-order valence-corrected chi connectivity index (χ1v) is 10.8. The van der Waals surface area contributed by atoms with E-state index in [1.54, 1.807) is 12.1 Å². The van der Waals surface area contributed by atoms with E-state index >= 15 is 0 Å². The van der Waals surface area contributed by atoms with Gasteiger partial charge >= 0.3 is 0 Å². The maximum atomic E-state index is 13.2. The van der Waals surface area contributed by atoms with Crippen molar-refractivity contribution in [1.82, 2.24) is 9.21 Å². The summed E-state index contributed by atoms with van der Waals surface area (Å²) in [6, 6.07) is 14.8. The number of benzene rings is 2. The Kier molecular flexibility index (Phi) is 4.56. The molecule has 1 fully saturated rings. The van der Waals surface area contributed by atoms with Crippen LogP contribution >= 0.6 is 0 Å². The monoisotopic (exact) mass is 384 g/mol. The highest BCUT2D eigenvalue weighted by Gasteiger charge is 2.41. The zero-order valence-electron chi connectivity index (χ0n) is 15.6. The highest BCUT2D eigenvalue weighted by atomic mass is 32.2. The number of carbonyl (C=O) groups excluding carboxylic acids is 1. The minimum absolute atomic E-state index is 0.0903. The standard InChI is InChI=1S/C21H24N2O3S/c1-15(2)16-7-9-18(10-8-16)27(25,26)22-13-20-19-6-4-3-5-17(19)11-12-23(20)21(24)14-22/h3-10,15,20H,11-14H2,1-2H3/t20-/m0/s1. The molecule has 2 aliphatic rings. The van der Waals surface area contributed by atoms with Crippen LogP contribution in [0.2, 0.25) is 0 Å². The number of sulfonamides is 1. The molecule has 0 N–H and O–H groups in total. The van der Waals surface area contributed by atoms with Gasteiger partial charge < -0.3 is 4.90 Å². The lowest BCUT2D eigenvalue weighted by Crippen LogP contribution is -2.55. The minimum Gasteiger partial charge on any atom is -0.333 e. The van der Waals surface area contributed by atoms with Gasteiger partial charge in [0.05, 0.1) is 17.5 Å². The molecule has 2 aliphatic heterocycles. The molecular formula is C21H24N2O3S. The lowest BCUT2D eigenvalue weighted by Gasteiger charge is -2.44. The topological polar surface area (TPSA) is 57.7 Å². The number of nitrogens with zero attached hydrogens (tertiary/aromatic N) is 2. The van der Waals surface area contributed by atoms with E-state index in [0.717, 1.165) is 17.5 Å². The zero-order chi connectivity index (χ0) is 19.2. The van der Waals surface area contributed by atoms with E-state index < -0.39 is 10.0 Å². The highest BCUT2D eigenvalue weighted by Crippen LogP contribution is 2.34. The quantitative estimate of drug-likeness (QED) is 0.818. The smallest absolute Gasteiger partial charge is 0.243 e. The molecule has 2 heterocycles. The van der Waals surface area contributed by atoms with E-state index in [-0.39, 0.29) is 23.4 Å². The van der Waals surface area contributed by atoms with Crippen molar-refractivity contribution >= 4 is 15.9 Å². The first-order chi connectivity index (χ1) is 12.9. The predicted molar refractivity (Wildman–Crippen MR) is 104 cm³/mol. The number of hydrogen-bond donors (Lipinski definition) is 0. The van der Waals surface area contributed by atoms with Crippen LogP contribution in [0.15, 0.2) is 53.4 Å². The molecule has 1 saturated heterocycles. The molecule has 142 valence electrons. The second-order valence-electron chi connectivity index (χ2n) is 7.57. The SMILES string of the molecule is CC(C)c1ccc(S(=O)(=O)N2CC(=O)N3CCc4ccccc4[C@@H]3C2)cc1. The van der Waals surface area contributed by atoms with Crippen molar-refractivity contribution in [2.45, 2.75) is 37.1 Å². The van der Waals surface area contributed by atoms with Gasteiger partial charge in [-0.1, -0.05) is 50.2 Å². The Hall–Kier alpha value is -2.18. The van der Waals surface area contributed by atoms with Crippen molar-refractivity contribution in [2.75, 3.05) is 19.6 Å². The second kappa shape index (κ2) is 6.77. The molecular weight excluding hydrogens is 360 g/mol. The van der Waals surface area contributed by atoms with E-state index in [2.05, 4.69) is 19.9 Å². The Balaban J connectivity index is 1.66. The van der Waals surface area contributed by atoms with E-state index in [9.17, 15) is 13.2 Å². The molecule has 0 spiro atoms. The molecule has 1 amide bonds. The summed E-state index contributed by atoms with van der Waals surface area (Å²) in [5, 5.41) is 0. The van der Waals surface area contributed by atoms with Crippen LogP contribution in [0.4, 0.5) is 0 Å². The Labute approximate surface area is 160 Å². The van der Waals surface area contributed by atoms with Gasteiger partial charge in [-0.2, -0.15) is 4.31 Å². The number of rotatable bonds is 3. The lowest BCUT2D eigenvalue weighted by atomic mass is 9.91. The van der Waals surface area contributed by atoms with Gasteiger partial charge in [0, 0.05) is 13.1 Å². The molecule has 27 heavy (non-hydrogen) atoms. The summed E-state index contributed by atoms with van der Waals surface area (Å²) in [6.07, 6.45) is 0.821. The molecule has 6 heteroatoms. The van der Waals surface area contributed by atoms with Crippen molar-refractivity contribution in [2.24, 2.45) is 0 Å². The van der Waals surface area contributed by atoms with Crippen molar-refractivity contribution in [3.63, 3.8) is 0 Å². The van der Waals surface area contributed by atoms with E-state index in [1.807, 2.05) is 35.2 Å². The van der Waals surface area contributed by atoms with E-state index in [1.165, 1.54) is 9.87 Å². The molecule has 0 saturated carbocycles. The Bertz CT molecular complexity index is 967. The Morgan fingerprint density at radius 1 is 1.04 bits per heavy atom. The fourth-order valence-corrected chi connectivity index (χ4v) is 5.40. The normalized spacial score (nSPS) is 20.5. The fourth-order valence-electron chi connectivity index (χ4n) is 4.00. The molecule has 4 rings (SSSR count). The summed E-state index contributed by atoms with van der Waals surface area (Å²) in [5.41, 5.74) is 3.36. The maximum absolute atomic E-state index is 13.2. The van der Waals surface area contributed by atoms with Gasteiger partial charge in [0.25, 0.3) is 0 Å². The lowest BCUT2D eigenvalue weighted by molar-refractivity contribution is -0.138. The summed E-state index contributed by atoms with van der Waals surface area (Å²) in [5.74, 6) is 0.216. The maximum Gasteiger partial charge on any atom is 0.243 e. The Morgan fingerprint density at radius 3 is 2.44 bits per heavy atom. The number of amides is 1. The number of hydrogen-bond acceptors (Lipinski definition) is 3. The highest BCUT2D eigenvalue weighted by molar-refractivity contribution is 7.89. The molecule has 0 bridgehead atoms. The van der Waals surface area contributed by atoms with Crippen LogP contribution < -0.4 is 0 Å². The summed E-state index contributed by atoms with van der Waals surface area (Å²) in [7, 11) is -3.70. The summed E-state index contributed by atoms with van der Waals surface area (Å²) < 4.78 is 27.6. The van der Waals surface area contributed by atoms with Gasteiger partial charge in [-0.3, -0.25) is 4.79 Å². The summed E-state index contributed by atoms with van der Waals surface area (Å²) in [6.45, 7) is 5.01. The zero-order valence-corrected chi connectivity index (χ0v) is 16.4. The summed E-state index contributed by atoms with van der Waals surface area (Å²) >= 11 is 0. The van der Waals surface area contributed by atoms with Crippen LogP contribution in [0, 0.1) is 0 Å². The molecule has 1 atom stereocenters. The third-order valence-electron chi connectivity index (χ3n) is 5.61. The van der Waals surface area contributed by atoms with E-state index in [4.69, 9.17) is 0 Å². The van der Waals surface area contributed by atoms with E-state index in [0.29, 0.717) is 19.0 Å². The number of fused-ring (bicyclic) bond motifs is 3. The van der Waals surface area contributed by atoms with Crippen LogP contribution in [-0.4, -0.2) is 43.2 Å². The van der Waals surface area contributed by atoms with Crippen molar-refractivity contribution < 1.29 is 13.2 Å².